The van der Waals surface area contributed by atoms with Crippen LogP contribution in [0, 0.1) is 0 Å². The lowest BCUT2D eigenvalue weighted by molar-refractivity contribution is -0.134. The Kier molecular flexibility index (Phi) is 9.03. The van der Waals surface area contributed by atoms with Gasteiger partial charge in [-0.3, -0.25) is 4.79 Å². The number of ether oxygens (including phenoxy) is 1. The lowest BCUT2D eigenvalue weighted by Crippen LogP contribution is -2.37. The summed E-state index contributed by atoms with van der Waals surface area (Å²) in [5.41, 5.74) is 0. The molecular formula is C10H19F2NO3. The molecule has 0 radical (unpaired) electrons. The fourth-order valence-electron chi connectivity index (χ4n) is 1.17. The molecule has 16 heavy (non-hydrogen) atoms. The van der Waals surface area contributed by atoms with Gasteiger partial charge in [0.1, 0.15) is 0 Å². The Morgan fingerprint density at radius 3 is 2.62 bits per heavy atom. The van der Waals surface area contributed by atoms with Gasteiger partial charge in [-0.05, 0) is 6.42 Å². The molecule has 0 atom stereocenters. The second-order valence-electron chi connectivity index (χ2n) is 3.32. The molecule has 6 heteroatoms. The Bertz CT molecular complexity index is 191. The summed E-state index contributed by atoms with van der Waals surface area (Å²) >= 11 is 0. The number of aliphatic hydroxyl groups is 1. The van der Waals surface area contributed by atoms with Crippen LogP contribution in [0.3, 0.4) is 0 Å². The number of nitrogens with zero attached hydrogens (tertiary/aromatic N) is 1. The van der Waals surface area contributed by atoms with E-state index < -0.39 is 18.9 Å². The largest absolute Gasteiger partial charge is 0.395 e. The van der Waals surface area contributed by atoms with Gasteiger partial charge < -0.3 is 14.7 Å². The minimum Gasteiger partial charge on any atom is -0.395 e. The van der Waals surface area contributed by atoms with Gasteiger partial charge in [-0.2, -0.15) is 0 Å². The van der Waals surface area contributed by atoms with Crippen molar-refractivity contribution in [1.29, 1.82) is 0 Å². The van der Waals surface area contributed by atoms with Crippen molar-refractivity contribution < 1.29 is 23.4 Å². The summed E-state index contributed by atoms with van der Waals surface area (Å²) < 4.78 is 29.3. The highest BCUT2D eigenvalue weighted by Crippen LogP contribution is 2.01. The second-order valence-corrected chi connectivity index (χ2v) is 3.32. The highest BCUT2D eigenvalue weighted by atomic mass is 19.3. The number of rotatable bonds is 9. The van der Waals surface area contributed by atoms with Crippen LogP contribution in [0.1, 0.15) is 19.8 Å². The van der Waals surface area contributed by atoms with Gasteiger partial charge in [0, 0.05) is 13.2 Å². The van der Waals surface area contributed by atoms with E-state index in [9.17, 15) is 13.6 Å². The van der Waals surface area contributed by atoms with Crippen molar-refractivity contribution in [3.05, 3.63) is 0 Å². The van der Waals surface area contributed by atoms with Gasteiger partial charge in [0.2, 0.25) is 5.91 Å². The number of carbonyl (C=O) groups is 1. The van der Waals surface area contributed by atoms with E-state index in [0.29, 0.717) is 6.61 Å². The van der Waals surface area contributed by atoms with Gasteiger partial charge in [-0.25, -0.2) is 8.78 Å². The molecule has 0 rings (SSSR count). The van der Waals surface area contributed by atoms with E-state index in [4.69, 9.17) is 9.84 Å². The summed E-state index contributed by atoms with van der Waals surface area (Å²) in [5.74, 6) is -0.412. The highest BCUT2D eigenvalue weighted by Gasteiger charge is 2.17. The Labute approximate surface area is 94.2 Å². The van der Waals surface area contributed by atoms with Gasteiger partial charge in [-0.1, -0.05) is 6.92 Å². The van der Waals surface area contributed by atoms with E-state index in [0.717, 1.165) is 11.3 Å². The highest BCUT2D eigenvalue weighted by molar-refractivity contribution is 5.76. The third-order valence-corrected chi connectivity index (χ3v) is 1.89. The van der Waals surface area contributed by atoms with Gasteiger partial charge in [0.15, 0.2) is 0 Å². The van der Waals surface area contributed by atoms with E-state index in [1.165, 1.54) is 0 Å². The quantitative estimate of drug-likeness (QED) is 0.608. The smallest absolute Gasteiger partial charge is 0.255 e. The van der Waals surface area contributed by atoms with E-state index >= 15 is 0 Å². The number of hydrogen-bond donors (Lipinski definition) is 1. The molecule has 0 aliphatic heterocycles. The maximum absolute atomic E-state index is 12.1. The Morgan fingerprint density at radius 2 is 2.12 bits per heavy atom. The summed E-state index contributed by atoms with van der Waals surface area (Å²) in [6, 6.07) is 0. The molecule has 0 aliphatic carbocycles. The zero-order chi connectivity index (χ0) is 12.4. The predicted molar refractivity (Wildman–Crippen MR) is 55.4 cm³/mol. The lowest BCUT2D eigenvalue weighted by atomic mass is 10.3. The van der Waals surface area contributed by atoms with Crippen LogP contribution in [0.4, 0.5) is 8.78 Å². The maximum atomic E-state index is 12.1. The molecule has 0 saturated heterocycles. The molecule has 0 spiro atoms. The molecule has 1 N–H and O–H groups in total. The average molecular weight is 239 g/mol. The lowest BCUT2D eigenvalue weighted by Gasteiger charge is -2.21. The standard InChI is InChI=1S/C10H19F2NO3/c1-2-6-16-7-3-10(15)13(4-5-14)8-9(11)12/h9,14H,2-8H2,1H3. The zero-order valence-corrected chi connectivity index (χ0v) is 9.49. The first-order valence-corrected chi connectivity index (χ1v) is 5.36. The van der Waals surface area contributed by atoms with Gasteiger partial charge in [-0.15, -0.1) is 0 Å². The molecule has 0 saturated carbocycles. The zero-order valence-electron chi connectivity index (χ0n) is 9.49. The van der Waals surface area contributed by atoms with E-state index in [1.54, 1.807) is 0 Å². The van der Waals surface area contributed by atoms with E-state index in [-0.39, 0.29) is 26.2 Å². The predicted octanol–water partition coefficient (Wildman–Crippen LogP) is 0.889. The molecule has 0 heterocycles. The average Bonchev–Trinajstić information content (AvgIpc) is 2.23. The van der Waals surface area contributed by atoms with Crippen LogP contribution < -0.4 is 0 Å². The molecular weight excluding hydrogens is 220 g/mol. The molecule has 0 bridgehead atoms. The number of alkyl halides is 2. The fraction of sp³-hybridized carbons (Fsp3) is 0.900. The molecule has 0 aromatic rings. The minimum absolute atomic E-state index is 0.0586. The third-order valence-electron chi connectivity index (χ3n) is 1.89. The van der Waals surface area contributed by atoms with E-state index in [1.807, 2.05) is 6.92 Å². The number of amides is 1. The van der Waals surface area contributed by atoms with Crippen LogP contribution in [0.15, 0.2) is 0 Å². The van der Waals surface area contributed by atoms with Crippen LogP contribution in [-0.2, 0) is 9.53 Å². The summed E-state index contributed by atoms with van der Waals surface area (Å²) in [7, 11) is 0. The molecule has 0 aromatic carbocycles. The maximum Gasteiger partial charge on any atom is 0.255 e. The first-order chi connectivity index (χ1) is 7.61. The van der Waals surface area contributed by atoms with Crippen LogP contribution in [-0.4, -0.2) is 55.2 Å². The van der Waals surface area contributed by atoms with Gasteiger partial charge >= 0.3 is 0 Å². The molecule has 0 fully saturated rings. The van der Waals surface area contributed by atoms with Gasteiger partial charge in [0.25, 0.3) is 6.43 Å². The number of aliphatic hydroxyl groups excluding tert-OH is 1. The first-order valence-electron chi connectivity index (χ1n) is 5.36. The van der Waals surface area contributed by atoms with Crippen LogP contribution in [0.2, 0.25) is 0 Å². The summed E-state index contributed by atoms with van der Waals surface area (Å²) in [6.45, 7) is 1.73. The molecule has 4 nitrogen and oxygen atoms in total. The van der Waals surface area contributed by atoms with Crippen molar-refractivity contribution in [2.75, 3.05) is 32.9 Å². The van der Waals surface area contributed by atoms with Crippen molar-refractivity contribution in [3.63, 3.8) is 0 Å². The van der Waals surface area contributed by atoms with Crippen LogP contribution in [0.25, 0.3) is 0 Å². The van der Waals surface area contributed by atoms with Crippen molar-refractivity contribution in [2.45, 2.75) is 26.2 Å². The van der Waals surface area contributed by atoms with Crippen molar-refractivity contribution in [2.24, 2.45) is 0 Å². The van der Waals surface area contributed by atoms with Crippen molar-refractivity contribution in [1.82, 2.24) is 4.90 Å². The topological polar surface area (TPSA) is 49.8 Å². The summed E-state index contributed by atoms with van der Waals surface area (Å²) in [4.78, 5) is 12.4. The van der Waals surface area contributed by atoms with E-state index in [2.05, 4.69) is 0 Å². The van der Waals surface area contributed by atoms with Gasteiger partial charge in [0.05, 0.1) is 26.2 Å². The molecule has 0 aliphatic rings. The first kappa shape index (κ1) is 15.2. The molecule has 1 amide bonds. The van der Waals surface area contributed by atoms with Crippen molar-refractivity contribution >= 4 is 5.91 Å². The third kappa shape index (κ3) is 7.53. The fourth-order valence-corrected chi connectivity index (χ4v) is 1.17. The van der Waals surface area contributed by atoms with Crippen LogP contribution >= 0.6 is 0 Å². The number of carbonyl (C=O) groups excluding carboxylic acids is 1. The molecule has 0 aromatic heterocycles. The Morgan fingerprint density at radius 1 is 1.44 bits per heavy atom. The summed E-state index contributed by atoms with van der Waals surface area (Å²) in [5, 5.41) is 8.64. The monoisotopic (exact) mass is 239 g/mol. The van der Waals surface area contributed by atoms with Crippen molar-refractivity contribution in [3.8, 4) is 0 Å². The number of hydrogen-bond acceptors (Lipinski definition) is 3. The summed E-state index contributed by atoms with van der Waals surface area (Å²) in [6.07, 6.45) is -1.65. The van der Waals surface area contributed by atoms with Crippen LogP contribution in [0.5, 0.6) is 0 Å². The molecule has 96 valence electrons. The normalized spacial score (nSPS) is 10.8. The minimum atomic E-state index is -2.58. The number of halogens is 2. The second kappa shape index (κ2) is 9.47. The SMILES string of the molecule is CCCOCCC(=O)N(CCO)CC(F)F. The Hall–Kier alpha value is -0.750. The Balaban J connectivity index is 3.87. The molecule has 0 unspecified atom stereocenters.